The second-order valence-corrected chi connectivity index (χ2v) is 4.08. The zero-order valence-corrected chi connectivity index (χ0v) is 9.64. The smallest absolute Gasteiger partial charge is 0.0629 e. The topological polar surface area (TPSA) is 49.9 Å². The largest absolute Gasteiger partial charge is 0.401 e. The first kappa shape index (κ1) is 11.4. The van der Waals surface area contributed by atoms with Crippen LogP contribution in [0.1, 0.15) is 12.0 Å². The highest BCUT2D eigenvalue weighted by Gasteiger charge is 2.09. The van der Waals surface area contributed by atoms with Gasteiger partial charge in [0.15, 0.2) is 0 Å². The van der Waals surface area contributed by atoms with E-state index in [1.807, 2.05) is 42.5 Å². The zero-order valence-electron chi connectivity index (χ0n) is 9.64. The minimum Gasteiger partial charge on any atom is -0.401 e. The summed E-state index contributed by atoms with van der Waals surface area (Å²) in [5, 5.41) is 7.98. The maximum atomic E-state index is 7.98. The van der Waals surface area contributed by atoms with Gasteiger partial charge >= 0.3 is 0 Å². The molecule has 1 aromatic carbocycles. The average Bonchev–Trinajstić information content (AvgIpc) is 2.40. The van der Waals surface area contributed by atoms with Crippen LogP contribution in [0.2, 0.25) is 0 Å². The van der Waals surface area contributed by atoms with Crippen molar-refractivity contribution in [3.63, 3.8) is 0 Å². The lowest BCUT2D eigenvalue weighted by atomic mass is 9.96. The van der Waals surface area contributed by atoms with E-state index in [0.29, 0.717) is 5.71 Å². The fraction of sp³-hybridized carbons (Fsp3) is 0.133. The summed E-state index contributed by atoms with van der Waals surface area (Å²) in [6, 6.07) is 9.64. The van der Waals surface area contributed by atoms with Crippen LogP contribution in [0.25, 0.3) is 0 Å². The van der Waals surface area contributed by atoms with Crippen molar-refractivity contribution >= 4 is 5.71 Å². The number of hydrogen-bond acceptors (Lipinski definition) is 2. The molecular weight excluding hydrogens is 208 g/mol. The van der Waals surface area contributed by atoms with Gasteiger partial charge in [-0.3, -0.25) is 0 Å². The Morgan fingerprint density at radius 3 is 2.65 bits per heavy atom. The molecule has 86 valence electrons. The lowest BCUT2D eigenvalue weighted by Gasteiger charge is -2.13. The van der Waals surface area contributed by atoms with E-state index in [0.717, 1.165) is 17.7 Å². The van der Waals surface area contributed by atoms with Crippen LogP contribution >= 0.6 is 0 Å². The van der Waals surface area contributed by atoms with Crippen molar-refractivity contribution in [3.05, 3.63) is 72.0 Å². The molecule has 1 unspecified atom stereocenters. The Morgan fingerprint density at radius 2 is 2.00 bits per heavy atom. The van der Waals surface area contributed by atoms with Crippen molar-refractivity contribution in [2.75, 3.05) is 0 Å². The van der Waals surface area contributed by atoms with Gasteiger partial charge < -0.3 is 11.1 Å². The SMILES string of the molecule is N=C(C=C(N)C1C=CC=CC1)c1ccccc1. The minimum atomic E-state index is 0.226. The first-order valence-electron chi connectivity index (χ1n) is 5.72. The second-order valence-electron chi connectivity index (χ2n) is 4.08. The summed E-state index contributed by atoms with van der Waals surface area (Å²) in [6.07, 6.45) is 10.9. The van der Waals surface area contributed by atoms with Gasteiger partial charge in [-0.05, 0) is 18.1 Å². The van der Waals surface area contributed by atoms with E-state index in [1.54, 1.807) is 6.08 Å². The molecule has 0 radical (unpaired) electrons. The number of nitrogens with two attached hydrogens (primary N) is 1. The third-order valence-corrected chi connectivity index (χ3v) is 2.80. The van der Waals surface area contributed by atoms with Gasteiger partial charge in [-0.25, -0.2) is 0 Å². The van der Waals surface area contributed by atoms with Crippen LogP contribution in [0.3, 0.4) is 0 Å². The van der Waals surface area contributed by atoms with E-state index >= 15 is 0 Å². The first-order chi connectivity index (χ1) is 8.27. The molecule has 1 aliphatic rings. The van der Waals surface area contributed by atoms with Crippen LogP contribution in [0.15, 0.2) is 66.4 Å². The van der Waals surface area contributed by atoms with E-state index in [2.05, 4.69) is 12.2 Å². The standard InChI is InChI=1S/C15H16N2/c16-14(12-7-3-1-4-8-12)11-15(17)13-9-5-2-6-10-13/h1-9,11,13,16H,10,17H2. The summed E-state index contributed by atoms with van der Waals surface area (Å²) < 4.78 is 0. The number of rotatable bonds is 3. The third-order valence-electron chi connectivity index (χ3n) is 2.80. The highest BCUT2D eigenvalue weighted by Crippen LogP contribution is 2.17. The summed E-state index contributed by atoms with van der Waals surface area (Å²) in [4.78, 5) is 0. The van der Waals surface area contributed by atoms with Crippen LogP contribution in [0.4, 0.5) is 0 Å². The Balaban J connectivity index is 2.11. The van der Waals surface area contributed by atoms with Crippen LogP contribution in [0.5, 0.6) is 0 Å². The molecule has 0 aromatic heterocycles. The summed E-state index contributed by atoms with van der Waals surface area (Å²) >= 11 is 0. The molecule has 2 heteroatoms. The molecular formula is C15H16N2. The van der Waals surface area contributed by atoms with Crippen molar-refractivity contribution in [2.45, 2.75) is 6.42 Å². The molecule has 1 aromatic rings. The van der Waals surface area contributed by atoms with E-state index in [4.69, 9.17) is 11.1 Å². The summed E-state index contributed by atoms with van der Waals surface area (Å²) in [5.74, 6) is 0.226. The van der Waals surface area contributed by atoms with Crippen LogP contribution in [0, 0.1) is 11.3 Å². The van der Waals surface area contributed by atoms with Gasteiger partial charge in [-0.2, -0.15) is 0 Å². The molecule has 2 nitrogen and oxygen atoms in total. The van der Waals surface area contributed by atoms with Crippen LogP contribution < -0.4 is 5.73 Å². The van der Waals surface area contributed by atoms with E-state index in [-0.39, 0.29) is 5.92 Å². The summed E-state index contributed by atoms with van der Waals surface area (Å²) in [7, 11) is 0. The van der Waals surface area contributed by atoms with Gasteiger partial charge in [-0.1, -0.05) is 54.6 Å². The van der Waals surface area contributed by atoms with Gasteiger partial charge in [-0.15, -0.1) is 0 Å². The van der Waals surface area contributed by atoms with Gasteiger partial charge in [0.05, 0.1) is 5.71 Å². The molecule has 0 heterocycles. The fourth-order valence-electron chi connectivity index (χ4n) is 1.80. The number of hydrogen-bond donors (Lipinski definition) is 2. The molecule has 3 N–H and O–H groups in total. The van der Waals surface area contributed by atoms with Crippen molar-refractivity contribution in [1.82, 2.24) is 0 Å². The lowest BCUT2D eigenvalue weighted by Crippen LogP contribution is -2.12. The fourth-order valence-corrected chi connectivity index (χ4v) is 1.80. The molecule has 0 saturated carbocycles. The van der Waals surface area contributed by atoms with Crippen LogP contribution in [-0.2, 0) is 0 Å². The highest BCUT2D eigenvalue weighted by molar-refractivity contribution is 6.06. The molecule has 0 saturated heterocycles. The third kappa shape index (κ3) is 2.94. The van der Waals surface area contributed by atoms with Crippen molar-refractivity contribution < 1.29 is 0 Å². The van der Waals surface area contributed by atoms with Gasteiger partial charge in [0, 0.05) is 11.6 Å². The zero-order chi connectivity index (χ0) is 12.1. The summed E-state index contributed by atoms with van der Waals surface area (Å²) in [6.45, 7) is 0. The van der Waals surface area contributed by atoms with Gasteiger partial charge in [0.25, 0.3) is 0 Å². The quantitative estimate of drug-likeness (QED) is 0.762. The Hall–Kier alpha value is -2.09. The van der Waals surface area contributed by atoms with E-state index < -0.39 is 0 Å². The molecule has 0 amide bonds. The number of allylic oxidation sites excluding steroid dienone is 5. The highest BCUT2D eigenvalue weighted by atomic mass is 14.6. The average molecular weight is 224 g/mol. The molecule has 0 spiro atoms. The molecule has 0 aliphatic heterocycles. The number of nitrogens with one attached hydrogen (secondary N) is 1. The maximum Gasteiger partial charge on any atom is 0.0629 e. The van der Waals surface area contributed by atoms with Crippen molar-refractivity contribution in [1.29, 1.82) is 5.41 Å². The molecule has 17 heavy (non-hydrogen) atoms. The van der Waals surface area contributed by atoms with E-state index in [9.17, 15) is 0 Å². The van der Waals surface area contributed by atoms with E-state index in [1.165, 1.54) is 0 Å². The van der Waals surface area contributed by atoms with Crippen molar-refractivity contribution in [3.8, 4) is 0 Å². The molecule has 0 fully saturated rings. The lowest BCUT2D eigenvalue weighted by molar-refractivity contribution is 0.757. The Bertz CT molecular complexity index is 481. The van der Waals surface area contributed by atoms with Gasteiger partial charge in [0.2, 0.25) is 0 Å². The summed E-state index contributed by atoms with van der Waals surface area (Å²) in [5.41, 5.74) is 8.13. The predicted octanol–water partition coefficient (Wildman–Crippen LogP) is 3.03. The second kappa shape index (κ2) is 5.30. The molecule has 0 bridgehead atoms. The predicted molar refractivity (Wildman–Crippen MR) is 71.9 cm³/mol. The number of benzene rings is 1. The Morgan fingerprint density at radius 1 is 1.24 bits per heavy atom. The first-order valence-corrected chi connectivity index (χ1v) is 5.72. The van der Waals surface area contributed by atoms with Gasteiger partial charge in [0.1, 0.15) is 0 Å². The molecule has 1 atom stereocenters. The van der Waals surface area contributed by atoms with Crippen LogP contribution in [-0.4, -0.2) is 5.71 Å². The molecule has 1 aliphatic carbocycles. The van der Waals surface area contributed by atoms with Crippen molar-refractivity contribution in [2.24, 2.45) is 11.7 Å². The monoisotopic (exact) mass is 224 g/mol. The molecule has 2 rings (SSSR count). The normalized spacial score (nSPS) is 19.3. The Labute approximate surface area is 102 Å². The maximum absolute atomic E-state index is 7.98. The Kier molecular flexibility index (Phi) is 3.55. The minimum absolute atomic E-state index is 0.226.